The van der Waals surface area contributed by atoms with Gasteiger partial charge in [0, 0.05) is 55.5 Å². The van der Waals surface area contributed by atoms with Gasteiger partial charge in [-0.15, -0.1) is 0 Å². The molecule has 0 atom stereocenters. The van der Waals surface area contributed by atoms with Crippen LogP contribution in [0.5, 0.6) is 0 Å². The zero-order valence-corrected chi connectivity index (χ0v) is 18.0. The number of nitrogens with one attached hydrogen (secondary N) is 1. The number of nitro benzene ring substituents is 1. The highest BCUT2D eigenvalue weighted by atomic mass is 16.6. The number of non-ortho nitro benzene ring substituents is 1. The van der Waals surface area contributed by atoms with Crippen LogP contribution in [0.2, 0.25) is 0 Å². The fourth-order valence-electron chi connectivity index (χ4n) is 3.75. The first-order chi connectivity index (χ1) is 15.5. The molecule has 0 radical (unpaired) electrons. The maximum absolute atomic E-state index is 11.9. The number of rotatable bonds is 8. The summed E-state index contributed by atoms with van der Waals surface area (Å²) in [6, 6.07) is 16.4. The second-order valence-corrected chi connectivity index (χ2v) is 7.82. The lowest BCUT2D eigenvalue weighted by Gasteiger charge is -2.16. The summed E-state index contributed by atoms with van der Waals surface area (Å²) in [5.74, 6) is 1.45. The minimum atomic E-state index is -0.423. The SMILES string of the molecule is CCc1cc(NCc2cccc(CN3CCCC3=O)c2)nc(-c2ccc([N+](=O)[O-])cc2)n1. The van der Waals surface area contributed by atoms with Crippen molar-refractivity contribution in [2.75, 3.05) is 11.9 Å². The molecule has 0 spiro atoms. The first-order valence-electron chi connectivity index (χ1n) is 10.7. The van der Waals surface area contributed by atoms with E-state index in [4.69, 9.17) is 0 Å². The van der Waals surface area contributed by atoms with Crippen molar-refractivity contribution in [1.82, 2.24) is 14.9 Å². The number of aryl methyl sites for hydroxylation is 1. The van der Waals surface area contributed by atoms with Gasteiger partial charge in [-0.3, -0.25) is 14.9 Å². The van der Waals surface area contributed by atoms with E-state index in [2.05, 4.69) is 21.4 Å². The summed E-state index contributed by atoms with van der Waals surface area (Å²) < 4.78 is 0. The first kappa shape index (κ1) is 21.4. The van der Waals surface area contributed by atoms with Crippen molar-refractivity contribution in [3.8, 4) is 11.4 Å². The summed E-state index contributed by atoms with van der Waals surface area (Å²) in [4.78, 5) is 33.5. The zero-order valence-electron chi connectivity index (χ0n) is 18.0. The van der Waals surface area contributed by atoms with Gasteiger partial charge in [-0.25, -0.2) is 9.97 Å². The van der Waals surface area contributed by atoms with Crippen LogP contribution < -0.4 is 5.32 Å². The fourth-order valence-corrected chi connectivity index (χ4v) is 3.75. The Bertz CT molecular complexity index is 1130. The average molecular weight is 431 g/mol. The van der Waals surface area contributed by atoms with Crippen molar-refractivity contribution in [2.24, 2.45) is 0 Å². The van der Waals surface area contributed by atoms with E-state index in [1.54, 1.807) is 12.1 Å². The van der Waals surface area contributed by atoms with E-state index < -0.39 is 4.92 Å². The van der Waals surface area contributed by atoms with Crippen LogP contribution in [-0.4, -0.2) is 32.2 Å². The Morgan fingerprint density at radius 2 is 1.88 bits per heavy atom. The molecule has 0 aliphatic carbocycles. The lowest BCUT2D eigenvalue weighted by molar-refractivity contribution is -0.384. The molecule has 4 rings (SSSR count). The van der Waals surface area contributed by atoms with Crippen molar-refractivity contribution in [3.05, 3.63) is 81.5 Å². The minimum absolute atomic E-state index is 0.0363. The summed E-state index contributed by atoms with van der Waals surface area (Å²) in [6.45, 7) is 4.08. The van der Waals surface area contributed by atoms with E-state index in [1.165, 1.54) is 12.1 Å². The molecule has 32 heavy (non-hydrogen) atoms. The Balaban J connectivity index is 1.48. The number of amides is 1. The van der Waals surface area contributed by atoms with Crippen LogP contribution in [-0.2, 0) is 24.3 Å². The van der Waals surface area contributed by atoms with Crippen molar-refractivity contribution in [2.45, 2.75) is 39.3 Å². The monoisotopic (exact) mass is 431 g/mol. The van der Waals surface area contributed by atoms with Crippen molar-refractivity contribution >= 4 is 17.4 Å². The van der Waals surface area contributed by atoms with E-state index in [0.29, 0.717) is 31.2 Å². The Morgan fingerprint density at radius 3 is 2.56 bits per heavy atom. The molecule has 2 aromatic carbocycles. The number of likely N-dealkylation sites (tertiary alicyclic amines) is 1. The number of carbonyl (C=O) groups excluding carboxylic acids is 1. The predicted molar refractivity (Wildman–Crippen MR) is 122 cm³/mol. The van der Waals surface area contributed by atoms with E-state index in [0.717, 1.165) is 41.8 Å². The van der Waals surface area contributed by atoms with Gasteiger partial charge in [0.1, 0.15) is 5.82 Å². The van der Waals surface area contributed by atoms with E-state index >= 15 is 0 Å². The standard InChI is InChI=1S/C24H25N5O3/c1-2-20-14-22(27-24(26-20)19-8-10-21(11-9-19)29(31)32)25-15-17-5-3-6-18(13-17)16-28-12-4-7-23(28)30/h3,5-6,8-11,13-14H,2,4,7,12,15-16H2,1H3,(H,25,26,27). The van der Waals surface area contributed by atoms with E-state index in [-0.39, 0.29) is 11.6 Å². The van der Waals surface area contributed by atoms with E-state index in [9.17, 15) is 14.9 Å². The third-order valence-corrected chi connectivity index (χ3v) is 5.49. The number of hydrogen-bond acceptors (Lipinski definition) is 6. The van der Waals surface area contributed by atoms with E-state index in [1.807, 2.05) is 36.1 Å². The average Bonchev–Trinajstić information content (AvgIpc) is 3.22. The molecule has 2 heterocycles. The molecule has 1 amide bonds. The molecular weight excluding hydrogens is 406 g/mol. The van der Waals surface area contributed by atoms with Crippen molar-refractivity contribution < 1.29 is 9.72 Å². The lowest BCUT2D eigenvalue weighted by atomic mass is 10.1. The number of hydrogen-bond donors (Lipinski definition) is 1. The molecule has 1 fully saturated rings. The predicted octanol–water partition coefficient (Wildman–Crippen LogP) is 4.35. The highest BCUT2D eigenvalue weighted by Crippen LogP contribution is 2.22. The summed E-state index contributed by atoms with van der Waals surface area (Å²) in [7, 11) is 0. The topological polar surface area (TPSA) is 101 Å². The second kappa shape index (κ2) is 9.55. The first-order valence-corrected chi connectivity index (χ1v) is 10.7. The molecule has 1 saturated heterocycles. The number of anilines is 1. The maximum Gasteiger partial charge on any atom is 0.269 e. The smallest absolute Gasteiger partial charge is 0.269 e. The van der Waals surface area contributed by atoms with Crippen LogP contribution >= 0.6 is 0 Å². The van der Waals surface area contributed by atoms with Crippen molar-refractivity contribution in [1.29, 1.82) is 0 Å². The van der Waals surface area contributed by atoms with Gasteiger partial charge in [-0.2, -0.15) is 0 Å². The highest BCUT2D eigenvalue weighted by molar-refractivity contribution is 5.78. The second-order valence-electron chi connectivity index (χ2n) is 7.82. The summed E-state index contributed by atoms with van der Waals surface area (Å²) in [5, 5.41) is 14.3. The third kappa shape index (κ3) is 5.08. The molecule has 1 N–H and O–H groups in total. The molecule has 1 aliphatic heterocycles. The maximum atomic E-state index is 11.9. The Labute approximate surface area is 186 Å². The quantitative estimate of drug-likeness (QED) is 0.420. The number of carbonyl (C=O) groups is 1. The van der Waals surface area contributed by atoms with Gasteiger partial charge < -0.3 is 10.2 Å². The van der Waals surface area contributed by atoms with Gasteiger partial charge in [0.15, 0.2) is 5.82 Å². The van der Waals surface area contributed by atoms with Gasteiger partial charge in [0.2, 0.25) is 5.91 Å². The van der Waals surface area contributed by atoms with Gasteiger partial charge in [0.25, 0.3) is 5.69 Å². The molecule has 8 nitrogen and oxygen atoms in total. The number of aromatic nitrogens is 2. The van der Waals surface area contributed by atoms with Crippen LogP contribution in [0.1, 0.15) is 36.6 Å². The molecule has 1 aliphatic rings. The molecule has 1 aromatic heterocycles. The number of nitro groups is 1. The highest BCUT2D eigenvalue weighted by Gasteiger charge is 2.20. The van der Waals surface area contributed by atoms with Crippen LogP contribution in [0.25, 0.3) is 11.4 Å². The van der Waals surface area contributed by atoms with Crippen LogP contribution in [0, 0.1) is 10.1 Å². The third-order valence-electron chi connectivity index (χ3n) is 5.49. The summed E-state index contributed by atoms with van der Waals surface area (Å²) >= 11 is 0. The minimum Gasteiger partial charge on any atom is -0.366 e. The Kier molecular flexibility index (Phi) is 6.39. The normalized spacial score (nSPS) is 13.4. The van der Waals surface area contributed by atoms with Crippen LogP contribution in [0.4, 0.5) is 11.5 Å². The zero-order chi connectivity index (χ0) is 22.5. The molecule has 3 aromatic rings. The van der Waals surface area contributed by atoms with Gasteiger partial charge in [0.05, 0.1) is 4.92 Å². The van der Waals surface area contributed by atoms with Crippen LogP contribution in [0.15, 0.2) is 54.6 Å². The molecule has 164 valence electrons. The molecule has 0 unspecified atom stereocenters. The summed E-state index contributed by atoms with van der Waals surface area (Å²) in [5.41, 5.74) is 3.86. The lowest BCUT2D eigenvalue weighted by Crippen LogP contribution is -2.23. The molecule has 0 bridgehead atoms. The van der Waals surface area contributed by atoms with Gasteiger partial charge >= 0.3 is 0 Å². The Hall–Kier alpha value is -3.81. The largest absolute Gasteiger partial charge is 0.366 e. The fraction of sp³-hybridized carbons (Fsp3) is 0.292. The Morgan fingerprint density at radius 1 is 1.09 bits per heavy atom. The number of benzene rings is 2. The molecule has 8 heteroatoms. The summed E-state index contributed by atoms with van der Waals surface area (Å²) in [6.07, 6.45) is 2.33. The molecule has 0 saturated carbocycles. The van der Waals surface area contributed by atoms with Crippen LogP contribution in [0.3, 0.4) is 0 Å². The van der Waals surface area contributed by atoms with Gasteiger partial charge in [-0.05, 0) is 36.1 Å². The van der Waals surface area contributed by atoms with Gasteiger partial charge in [-0.1, -0.05) is 31.2 Å². The number of nitrogens with zero attached hydrogens (tertiary/aromatic N) is 4. The molecular formula is C24H25N5O3. The van der Waals surface area contributed by atoms with Crippen molar-refractivity contribution in [3.63, 3.8) is 0 Å².